The molecule has 2 rings (SSSR count). The molecule has 1 aliphatic heterocycles. The van der Waals surface area contributed by atoms with E-state index in [0.717, 1.165) is 9.88 Å². The van der Waals surface area contributed by atoms with E-state index in [1.54, 1.807) is 44.2 Å². The molecule has 0 radical (unpaired) electrons. The van der Waals surface area contributed by atoms with Crippen molar-refractivity contribution in [1.29, 1.82) is 0 Å². The first-order chi connectivity index (χ1) is 7.94. The lowest BCUT2D eigenvalue weighted by Gasteiger charge is -2.34. The molecular weight excluding hydrogens is 238 g/mol. The monoisotopic (exact) mass is 251 g/mol. The molecule has 0 bridgehead atoms. The number of hydrogen-bond donors (Lipinski definition) is 0. The maximum Gasteiger partial charge on any atom is 0.267 e. The number of nitrogens with zero attached hydrogens (tertiary/aromatic N) is 1. The highest BCUT2D eigenvalue weighted by molar-refractivity contribution is 7.95. The number of carbonyl (C=O) groups is 1. The highest BCUT2D eigenvalue weighted by Crippen LogP contribution is 2.30. The molecule has 0 N–H and O–H groups in total. The number of rotatable bonds is 1. The average molecular weight is 251 g/mol. The van der Waals surface area contributed by atoms with Crippen LogP contribution in [0.25, 0.3) is 0 Å². The van der Waals surface area contributed by atoms with Gasteiger partial charge in [-0.15, -0.1) is 0 Å². The van der Waals surface area contributed by atoms with Crippen molar-refractivity contribution in [3.8, 4) is 0 Å². The van der Waals surface area contributed by atoms with Crippen molar-refractivity contribution in [2.45, 2.75) is 13.8 Å². The summed E-state index contributed by atoms with van der Waals surface area (Å²) in [6.07, 6.45) is 0. The zero-order valence-corrected chi connectivity index (χ0v) is 10.5. The molecule has 0 aliphatic carbocycles. The molecule has 0 saturated carbocycles. The molecule has 1 aromatic carbocycles. The van der Waals surface area contributed by atoms with Crippen LogP contribution < -0.4 is 0 Å². The molecule has 1 fully saturated rings. The van der Waals surface area contributed by atoms with Crippen molar-refractivity contribution >= 4 is 15.9 Å². The zero-order valence-electron chi connectivity index (χ0n) is 9.67. The van der Waals surface area contributed by atoms with Crippen molar-refractivity contribution in [3.05, 3.63) is 46.4 Å². The van der Waals surface area contributed by atoms with Gasteiger partial charge in [0.05, 0.1) is 11.4 Å². The molecule has 17 heavy (non-hydrogen) atoms. The lowest BCUT2D eigenvalue weighted by molar-refractivity contribution is 0.0859. The number of sulfonamides is 1. The average Bonchev–Trinajstić information content (AvgIpc) is 2.28. The third-order valence-electron chi connectivity index (χ3n) is 2.69. The number of amides is 1. The smallest absolute Gasteiger partial charge is 0.267 e. The van der Waals surface area contributed by atoms with Crippen LogP contribution in [0, 0.1) is 0 Å². The van der Waals surface area contributed by atoms with Crippen LogP contribution >= 0.6 is 0 Å². The van der Waals surface area contributed by atoms with Crippen molar-refractivity contribution in [2.24, 2.45) is 0 Å². The van der Waals surface area contributed by atoms with E-state index in [1.807, 2.05) is 0 Å². The van der Waals surface area contributed by atoms with Gasteiger partial charge in [0.25, 0.3) is 15.9 Å². The Morgan fingerprint density at radius 1 is 1.18 bits per heavy atom. The van der Waals surface area contributed by atoms with Crippen LogP contribution in [-0.4, -0.2) is 25.2 Å². The fraction of sp³-hybridized carbons (Fsp3) is 0.250. The van der Waals surface area contributed by atoms with E-state index >= 15 is 0 Å². The third kappa shape index (κ3) is 1.86. The van der Waals surface area contributed by atoms with E-state index in [2.05, 4.69) is 0 Å². The van der Waals surface area contributed by atoms with Crippen LogP contribution in [0.1, 0.15) is 24.2 Å². The van der Waals surface area contributed by atoms with Gasteiger partial charge < -0.3 is 0 Å². The topological polar surface area (TPSA) is 54.5 Å². The summed E-state index contributed by atoms with van der Waals surface area (Å²) in [7, 11) is -3.55. The molecule has 1 amide bonds. The van der Waals surface area contributed by atoms with Crippen LogP contribution in [0.2, 0.25) is 0 Å². The summed E-state index contributed by atoms with van der Waals surface area (Å²) >= 11 is 0. The van der Waals surface area contributed by atoms with Gasteiger partial charge in [-0.05, 0) is 26.0 Å². The van der Waals surface area contributed by atoms with Gasteiger partial charge in [-0.1, -0.05) is 23.8 Å². The highest BCUT2D eigenvalue weighted by atomic mass is 32.2. The second-order valence-electron chi connectivity index (χ2n) is 4.11. The lowest BCUT2D eigenvalue weighted by Crippen LogP contribution is -2.49. The maximum atomic E-state index is 11.9. The lowest BCUT2D eigenvalue weighted by atomic mass is 10.2. The quantitative estimate of drug-likeness (QED) is 0.764. The summed E-state index contributed by atoms with van der Waals surface area (Å²) in [5.41, 5.74) is 1.13. The number of benzene rings is 1. The Morgan fingerprint density at radius 2 is 1.76 bits per heavy atom. The van der Waals surface area contributed by atoms with Crippen molar-refractivity contribution in [3.63, 3.8) is 0 Å². The van der Waals surface area contributed by atoms with E-state index in [4.69, 9.17) is 0 Å². The van der Waals surface area contributed by atoms with E-state index in [9.17, 15) is 13.2 Å². The number of hydrogen-bond acceptors (Lipinski definition) is 3. The SMILES string of the molecule is CC(C)=C1CN(C(=O)c2ccccc2)S1(=O)=O. The normalized spacial score (nSPS) is 17.5. The van der Waals surface area contributed by atoms with Gasteiger partial charge in [-0.2, -0.15) is 0 Å². The Balaban J connectivity index is 2.30. The largest absolute Gasteiger partial charge is 0.268 e. The van der Waals surface area contributed by atoms with Gasteiger partial charge in [0.2, 0.25) is 0 Å². The standard InChI is InChI=1S/C12H13NO3S/c1-9(2)11-8-13(17(11,15)16)12(14)10-6-4-3-5-7-10/h3-7H,8H2,1-2H3. The fourth-order valence-corrected chi connectivity index (χ4v) is 3.17. The van der Waals surface area contributed by atoms with Crippen molar-refractivity contribution < 1.29 is 13.2 Å². The summed E-state index contributed by atoms with van der Waals surface area (Å²) < 4.78 is 24.6. The van der Waals surface area contributed by atoms with Crippen LogP contribution in [0.3, 0.4) is 0 Å². The summed E-state index contributed by atoms with van der Waals surface area (Å²) in [6, 6.07) is 8.42. The van der Waals surface area contributed by atoms with Crippen molar-refractivity contribution in [1.82, 2.24) is 4.31 Å². The first-order valence-electron chi connectivity index (χ1n) is 5.23. The maximum absolute atomic E-state index is 11.9. The predicted molar refractivity (Wildman–Crippen MR) is 64.8 cm³/mol. The Hall–Kier alpha value is -1.62. The van der Waals surface area contributed by atoms with Crippen LogP contribution in [0.5, 0.6) is 0 Å². The molecule has 0 aromatic heterocycles. The molecular formula is C12H13NO3S. The predicted octanol–water partition coefficient (Wildman–Crippen LogP) is 1.77. The van der Waals surface area contributed by atoms with E-state index in [0.29, 0.717) is 10.5 Å². The summed E-state index contributed by atoms with van der Waals surface area (Å²) in [4.78, 5) is 12.3. The molecule has 0 spiro atoms. The molecule has 0 unspecified atom stereocenters. The van der Waals surface area contributed by atoms with Crippen molar-refractivity contribution in [2.75, 3.05) is 6.54 Å². The van der Waals surface area contributed by atoms with Crippen LogP contribution in [0.15, 0.2) is 40.8 Å². The Labute approximate surface area is 101 Å². The molecule has 90 valence electrons. The van der Waals surface area contributed by atoms with E-state index in [-0.39, 0.29) is 6.54 Å². The summed E-state index contributed by atoms with van der Waals surface area (Å²) in [6.45, 7) is 3.65. The third-order valence-corrected chi connectivity index (χ3v) is 4.73. The molecule has 1 aromatic rings. The molecule has 5 heteroatoms. The van der Waals surface area contributed by atoms with Gasteiger partial charge in [-0.25, -0.2) is 12.7 Å². The highest BCUT2D eigenvalue weighted by Gasteiger charge is 2.43. The summed E-state index contributed by atoms with van der Waals surface area (Å²) in [5.74, 6) is -0.462. The second kappa shape index (κ2) is 4.00. The van der Waals surface area contributed by atoms with Gasteiger partial charge in [0.1, 0.15) is 0 Å². The zero-order chi connectivity index (χ0) is 12.6. The first kappa shape index (κ1) is 11.9. The molecule has 1 heterocycles. The second-order valence-corrected chi connectivity index (χ2v) is 5.99. The molecule has 1 aliphatic rings. The molecule has 4 nitrogen and oxygen atoms in total. The van der Waals surface area contributed by atoms with Gasteiger partial charge in [-0.3, -0.25) is 4.79 Å². The molecule has 1 saturated heterocycles. The minimum atomic E-state index is -3.55. The van der Waals surface area contributed by atoms with Crippen LogP contribution in [-0.2, 0) is 10.0 Å². The number of carbonyl (C=O) groups excluding carboxylic acids is 1. The Kier molecular flexibility index (Phi) is 2.79. The first-order valence-corrected chi connectivity index (χ1v) is 6.67. The van der Waals surface area contributed by atoms with E-state index < -0.39 is 15.9 Å². The number of allylic oxidation sites excluding steroid dienone is 1. The van der Waals surface area contributed by atoms with E-state index in [1.165, 1.54) is 0 Å². The molecule has 0 atom stereocenters. The fourth-order valence-electron chi connectivity index (χ4n) is 1.68. The Morgan fingerprint density at radius 3 is 2.24 bits per heavy atom. The minimum Gasteiger partial charge on any atom is -0.268 e. The summed E-state index contributed by atoms with van der Waals surface area (Å²) in [5, 5.41) is 0. The van der Waals surface area contributed by atoms with Gasteiger partial charge in [0.15, 0.2) is 0 Å². The Bertz CT molecular complexity index is 583. The minimum absolute atomic E-state index is 0.179. The van der Waals surface area contributed by atoms with Gasteiger partial charge >= 0.3 is 0 Å². The van der Waals surface area contributed by atoms with Gasteiger partial charge in [0, 0.05) is 5.56 Å². The van der Waals surface area contributed by atoms with Crippen LogP contribution in [0.4, 0.5) is 0 Å².